The number of rotatable bonds is 5. The summed E-state index contributed by atoms with van der Waals surface area (Å²) in [5.74, 6) is -1.06. The van der Waals surface area contributed by atoms with Gasteiger partial charge in [-0.15, -0.1) is 0 Å². The van der Waals surface area contributed by atoms with Crippen LogP contribution in [-0.4, -0.2) is 34.7 Å². The van der Waals surface area contributed by atoms with Crippen molar-refractivity contribution in [3.63, 3.8) is 0 Å². The maximum atomic E-state index is 12.7. The predicted molar refractivity (Wildman–Crippen MR) is 97.7 cm³/mol. The number of hydrogen-bond donors (Lipinski definition) is 2. The molecule has 0 bridgehead atoms. The van der Waals surface area contributed by atoms with Crippen LogP contribution >= 0.6 is 0 Å². The van der Waals surface area contributed by atoms with E-state index in [9.17, 15) is 14.4 Å². The Morgan fingerprint density at radius 3 is 2.35 bits per heavy atom. The van der Waals surface area contributed by atoms with Gasteiger partial charge in [0.1, 0.15) is 0 Å². The van der Waals surface area contributed by atoms with Gasteiger partial charge < -0.3 is 11.1 Å². The average molecular weight is 351 g/mol. The van der Waals surface area contributed by atoms with E-state index in [4.69, 9.17) is 5.73 Å². The van der Waals surface area contributed by atoms with Crippen LogP contribution in [0.3, 0.4) is 0 Å². The van der Waals surface area contributed by atoms with Crippen molar-refractivity contribution in [1.82, 2.24) is 10.2 Å². The highest BCUT2D eigenvalue weighted by Gasteiger charge is 2.36. The summed E-state index contributed by atoms with van der Waals surface area (Å²) in [7, 11) is 0. The van der Waals surface area contributed by atoms with Gasteiger partial charge in [0.05, 0.1) is 17.7 Å². The molecule has 0 saturated carbocycles. The largest absolute Gasteiger partial charge is 0.346 e. The molecule has 2 aromatic carbocycles. The Kier molecular flexibility index (Phi) is 4.61. The van der Waals surface area contributed by atoms with Crippen LogP contribution in [0.4, 0.5) is 0 Å². The van der Waals surface area contributed by atoms with Crippen molar-refractivity contribution in [2.75, 3.05) is 6.54 Å². The monoisotopic (exact) mass is 351 g/mol. The summed E-state index contributed by atoms with van der Waals surface area (Å²) < 4.78 is 0. The molecule has 0 fully saturated rings. The van der Waals surface area contributed by atoms with Gasteiger partial charge in [-0.05, 0) is 37.6 Å². The summed E-state index contributed by atoms with van der Waals surface area (Å²) in [6.07, 6.45) is 0. The zero-order valence-corrected chi connectivity index (χ0v) is 14.8. The van der Waals surface area contributed by atoms with E-state index in [1.165, 1.54) is 17.0 Å². The Hall–Kier alpha value is -2.99. The molecule has 0 atom stereocenters. The van der Waals surface area contributed by atoms with Crippen molar-refractivity contribution in [2.45, 2.75) is 25.9 Å². The van der Waals surface area contributed by atoms with Crippen LogP contribution < -0.4 is 11.1 Å². The highest BCUT2D eigenvalue weighted by Crippen LogP contribution is 2.25. The van der Waals surface area contributed by atoms with Crippen molar-refractivity contribution >= 4 is 17.7 Å². The second kappa shape index (κ2) is 6.72. The van der Waals surface area contributed by atoms with Gasteiger partial charge in [0, 0.05) is 17.6 Å². The molecule has 0 aromatic heterocycles. The number of benzene rings is 2. The molecule has 6 heteroatoms. The van der Waals surface area contributed by atoms with Gasteiger partial charge in [0.2, 0.25) is 0 Å². The van der Waals surface area contributed by atoms with Gasteiger partial charge in [0.15, 0.2) is 0 Å². The van der Waals surface area contributed by atoms with Crippen molar-refractivity contribution in [2.24, 2.45) is 5.73 Å². The third-order valence-corrected chi connectivity index (χ3v) is 4.38. The van der Waals surface area contributed by atoms with E-state index in [2.05, 4.69) is 5.32 Å². The quantitative estimate of drug-likeness (QED) is 0.805. The Morgan fingerprint density at radius 2 is 1.69 bits per heavy atom. The van der Waals surface area contributed by atoms with Crippen molar-refractivity contribution in [3.8, 4) is 0 Å². The standard InChI is InChI=1S/C20H21N3O3/c1-20(2,12-21)22-17(24)14-8-9-15-16(10-14)19(26)23(18(15)25)11-13-6-4-3-5-7-13/h3-10H,11-12,21H2,1-2H3,(H,22,24). The van der Waals surface area contributed by atoms with E-state index >= 15 is 0 Å². The van der Waals surface area contributed by atoms with Gasteiger partial charge in [-0.25, -0.2) is 0 Å². The fourth-order valence-electron chi connectivity index (χ4n) is 2.77. The highest BCUT2D eigenvalue weighted by molar-refractivity contribution is 6.22. The van der Waals surface area contributed by atoms with E-state index < -0.39 is 5.54 Å². The average Bonchev–Trinajstić information content (AvgIpc) is 2.87. The molecule has 2 aromatic rings. The fourth-order valence-corrected chi connectivity index (χ4v) is 2.77. The number of fused-ring (bicyclic) bond motifs is 1. The SMILES string of the molecule is CC(C)(CN)NC(=O)c1ccc2c(c1)C(=O)N(Cc1ccccc1)C2=O. The molecule has 3 N–H and O–H groups in total. The van der Waals surface area contributed by atoms with Crippen molar-refractivity contribution < 1.29 is 14.4 Å². The number of carbonyl (C=O) groups is 3. The van der Waals surface area contributed by atoms with E-state index in [1.54, 1.807) is 6.07 Å². The summed E-state index contributed by atoms with van der Waals surface area (Å²) in [5, 5.41) is 2.82. The molecule has 0 radical (unpaired) electrons. The lowest BCUT2D eigenvalue weighted by molar-refractivity contribution is 0.0642. The second-order valence-corrected chi connectivity index (χ2v) is 6.98. The summed E-state index contributed by atoms with van der Waals surface area (Å²) in [4.78, 5) is 38.8. The van der Waals surface area contributed by atoms with Crippen LogP contribution in [0.25, 0.3) is 0 Å². The maximum Gasteiger partial charge on any atom is 0.261 e. The molecule has 3 amide bonds. The molecular formula is C20H21N3O3. The van der Waals surface area contributed by atoms with Crippen LogP contribution in [0.1, 0.15) is 50.5 Å². The number of imide groups is 1. The first-order valence-corrected chi connectivity index (χ1v) is 8.39. The zero-order chi connectivity index (χ0) is 18.9. The number of hydrogen-bond acceptors (Lipinski definition) is 4. The summed E-state index contributed by atoms with van der Waals surface area (Å²) in [5.41, 5.74) is 6.84. The molecule has 0 saturated heterocycles. The van der Waals surface area contributed by atoms with Gasteiger partial charge >= 0.3 is 0 Å². The molecule has 6 nitrogen and oxygen atoms in total. The predicted octanol–water partition coefficient (Wildman–Crippen LogP) is 1.95. The first-order chi connectivity index (χ1) is 12.3. The van der Waals surface area contributed by atoms with E-state index in [0.717, 1.165) is 5.56 Å². The Balaban J connectivity index is 1.85. The number of nitrogens with zero attached hydrogens (tertiary/aromatic N) is 1. The smallest absolute Gasteiger partial charge is 0.261 e. The number of nitrogens with one attached hydrogen (secondary N) is 1. The van der Waals surface area contributed by atoms with Crippen LogP contribution in [0, 0.1) is 0 Å². The molecule has 0 spiro atoms. The lowest BCUT2D eigenvalue weighted by Crippen LogP contribution is -2.48. The number of carbonyl (C=O) groups excluding carboxylic acids is 3. The van der Waals surface area contributed by atoms with Crippen LogP contribution in [0.2, 0.25) is 0 Å². The van der Waals surface area contributed by atoms with Gasteiger partial charge in [0.25, 0.3) is 17.7 Å². The van der Waals surface area contributed by atoms with E-state index in [1.807, 2.05) is 44.2 Å². The number of amides is 3. The minimum atomic E-state index is -0.560. The lowest BCUT2D eigenvalue weighted by Gasteiger charge is -2.24. The minimum Gasteiger partial charge on any atom is -0.346 e. The first kappa shape index (κ1) is 17.8. The molecule has 1 aliphatic rings. The summed E-state index contributed by atoms with van der Waals surface area (Å²) in [6, 6.07) is 13.9. The van der Waals surface area contributed by atoms with Crippen LogP contribution in [-0.2, 0) is 6.54 Å². The fraction of sp³-hybridized carbons (Fsp3) is 0.250. The topological polar surface area (TPSA) is 92.5 Å². The maximum absolute atomic E-state index is 12.7. The number of nitrogens with two attached hydrogens (primary N) is 1. The van der Waals surface area contributed by atoms with Crippen LogP contribution in [0.5, 0.6) is 0 Å². The van der Waals surface area contributed by atoms with Gasteiger partial charge in [-0.2, -0.15) is 0 Å². The molecular weight excluding hydrogens is 330 g/mol. The summed E-state index contributed by atoms with van der Waals surface area (Å²) in [6.45, 7) is 4.12. The second-order valence-electron chi connectivity index (χ2n) is 6.98. The molecule has 1 heterocycles. The molecule has 26 heavy (non-hydrogen) atoms. The van der Waals surface area contributed by atoms with Crippen molar-refractivity contribution in [3.05, 3.63) is 70.8 Å². The minimum absolute atomic E-state index is 0.203. The van der Waals surface area contributed by atoms with Crippen LogP contribution in [0.15, 0.2) is 48.5 Å². The van der Waals surface area contributed by atoms with Gasteiger partial charge in [-0.3, -0.25) is 19.3 Å². The summed E-state index contributed by atoms with van der Waals surface area (Å²) >= 11 is 0. The van der Waals surface area contributed by atoms with Crippen molar-refractivity contribution in [1.29, 1.82) is 0 Å². The normalized spacial score (nSPS) is 13.7. The molecule has 3 rings (SSSR count). The van der Waals surface area contributed by atoms with Gasteiger partial charge in [-0.1, -0.05) is 30.3 Å². The first-order valence-electron chi connectivity index (χ1n) is 8.39. The zero-order valence-electron chi connectivity index (χ0n) is 14.8. The Morgan fingerprint density at radius 1 is 1.04 bits per heavy atom. The van der Waals surface area contributed by atoms with E-state index in [0.29, 0.717) is 11.1 Å². The Labute approximate surface area is 152 Å². The lowest BCUT2D eigenvalue weighted by atomic mass is 10.0. The molecule has 1 aliphatic heterocycles. The highest BCUT2D eigenvalue weighted by atomic mass is 16.2. The molecule has 0 unspecified atom stereocenters. The molecule has 0 aliphatic carbocycles. The third kappa shape index (κ3) is 3.36. The third-order valence-electron chi connectivity index (χ3n) is 4.38. The Bertz CT molecular complexity index is 875. The van der Waals surface area contributed by atoms with E-state index in [-0.39, 0.29) is 36.4 Å². The molecule has 134 valence electrons.